The number of benzene rings is 2. The summed E-state index contributed by atoms with van der Waals surface area (Å²) in [6.45, 7) is 4.46. The van der Waals surface area contributed by atoms with Crippen molar-refractivity contribution in [3.63, 3.8) is 0 Å². The van der Waals surface area contributed by atoms with Gasteiger partial charge in [-0.25, -0.2) is 0 Å². The number of nitrogens with one attached hydrogen (secondary N) is 1. The summed E-state index contributed by atoms with van der Waals surface area (Å²) in [5.41, 5.74) is 7.52. The number of rotatable bonds is 7. The molecule has 7 heteroatoms. The fourth-order valence-electron chi connectivity index (χ4n) is 2.91. The third kappa shape index (κ3) is 4.94. The number of likely N-dealkylation sites (N-methyl/N-ethyl adjacent to an activating group) is 1. The number of nitrogens with two attached hydrogens (primary N) is 1. The monoisotopic (exact) mass is 404 g/mol. The van der Waals surface area contributed by atoms with E-state index in [2.05, 4.69) is 16.9 Å². The van der Waals surface area contributed by atoms with Gasteiger partial charge in [0.05, 0.1) is 17.3 Å². The molecule has 154 valence electrons. The normalized spacial score (nSPS) is 14.6. The zero-order chi connectivity index (χ0) is 21.5. The van der Waals surface area contributed by atoms with E-state index in [1.807, 2.05) is 30.3 Å². The first kappa shape index (κ1) is 20.9. The highest BCUT2D eigenvalue weighted by molar-refractivity contribution is 6.17. The molecule has 2 aromatic carbocycles. The second-order valence-electron chi connectivity index (χ2n) is 6.73. The van der Waals surface area contributed by atoms with E-state index in [0.717, 1.165) is 5.75 Å². The van der Waals surface area contributed by atoms with Gasteiger partial charge in [0.2, 0.25) is 5.91 Å². The van der Waals surface area contributed by atoms with Gasteiger partial charge in [0.1, 0.15) is 11.5 Å². The molecule has 30 heavy (non-hydrogen) atoms. The van der Waals surface area contributed by atoms with Gasteiger partial charge in [-0.3, -0.25) is 14.6 Å². The van der Waals surface area contributed by atoms with Crippen molar-refractivity contribution >= 4 is 23.7 Å². The van der Waals surface area contributed by atoms with Crippen LogP contribution in [-0.4, -0.2) is 49.1 Å². The Morgan fingerprint density at radius 1 is 1.13 bits per heavy atom. The number of carbonyl (C=O) groups excluding carboxylic acids is 2. The number of aliphatic imine (C=N–C) groups is 1. The molecule has 0 aliphatic carbocycles. The van der Waals surface area contributed by atoms with E-state index in [9.17, 15) is 9.59 Å². The van der Waals surface area contributed by atoms with Crippen LogP contribution in [0.4, 0.5) is 0 Å². The SMILES string of the molecule is C=CC(=O)N1CC(N=CC(C(=O)NC)=C(N)c2ccc(Oc3ccccc3)cc2)C1. The molecule has 0 radical (unpaired) electrons. The van der Waals surface area contributed by atoms with Crippen LogP contribution in [0.5, 0.6) is 11.5 Å². The molecule has 2 aromatic rings. The lowest BCUT2D eigenvalue weighted by atomic mass is 10.1. The predicted molar refractivity (Wildman–Crippen MR) is 117 cm³/mol. The van der Waals surface area contributed by atoms with Crippen molar-refractivity contribution in [2.75, 3.05) is 20.1 Å². The van der Waals surface area contributed by atoms with Crippen molar-refractivity contribution < 1.29 is 14.3 Å². The van der Waals surface area contributed by atoms with Crippen LogP contribution in [0, 0.1) is 0 Å². The van der Waals surface area contributed by atoms with E-state index in [1.165, 1.54) is 19.3 Å². The molecule has 1 heterocycles. The zero-order valence-electron chi connectivity index (χ0n) is 16.7. The van der Waals surface area contributed by atoms with Crippen molar-refractivity contribution in [2.24, 2.45) is 10.7 Å². The molecule has 0 unspecified atom stereocenters. The standard InChI is InChI=1S/C23H24N4O3/c1-3-21(28)27-14-17(15-27)26-13-20(23(29)25-2)22(24)16-9-11-19(12-10-16)30-18-7-5-4-6-8-18/h3-13,17H,1,14-15,24H2,2H3,(H,25,29). The Labute approximate surface area is 175 Å². The molecule has 0 aromatic heterocycles. The summed E-state index contributed by atoms with van der Waals surface area (Å²) >= 11 is 0. The van der Waals surface area contributed by atoms with Gasteiger partial charge in [-0.05, 0) is 48.0 Å². The van der Waals surface area contributed by atoms with E-state index in [0.29, 0.717) is 30.1 Å². The average molecular weight is 404 g/mol. The number of carbonyl (C=O) groups is 2. The lowest BCUT2D eigenvalue weighted by molar-refractivity contribution is -0.130. The van der Waals surface area contributed by atoms with Gasteiger partial charge in [-0.1, -0.05) is 24.8 Å². The summed E-state index contributed by atoms with van der Waals surface area (Å²) < 4.78 is 5.78. The van der Waals surface area contributed by atoms with Crippen LogP contribution >= 0.6 is 0 Å². The number of nitrogens with zero attached hydrogens (tertiary/aromatic N) is 2. The molecule has 7 nitrogen and oxygen atoms in total. The Kier molecular flexibility index (Phi) is 6.64. The first-order valence-corrected chi connectivity index (χ1v) is 9.51. The highest BCUT2D eigenvalue weighted by Crippen LogP contribution is 2.23. The summed E-state index contributed by atoms with van der Waals surface area (Å²) in [7, 11) is 1.54. The maximum atomic E-state index is 12.3. The van der Waals surface area contributed by atoms with E-state index in [1.54, 1.807) is 29.2 Å². The predicted octanol–water partition coefficient (Wildman–Crippen LogP) is 2.36. The molecule has 1 saturated heterocycles. The van der Waals surface area contributed by atoms with Crippen LogP contribution in [-0.2, 0) is 9.59 Å². The lowest BCUT2D eigenvalue weighted by Gasteiger charge is -2.36. The van der Waals surface area contributed by atoms with Gasteiger partial charge in [0, 0.05) is 26.4 Å². The van der Waals surface area contributed by atoms with Crippen LogP contribution < -0.4 is 15.8 Å². The minimum atomic E-state index is -0.334. The molecule has 0 saturated carbocycles. The molecule has 2 amide bonds. The third-order valence-electron chi connectivity index (χ3n) is 4.67. The molecule has 0 spiro atoms. The lowest BCUT2D eigenvalue weighted by Crippen LogP contribution is -2.52. The number of ether oxygens (including phenoxy) is 1. The summed E-state index contributed by atoms with van der Waals surface area (Å²) in [6.07, 6.45) is 2.75. The van der Waals surface area contributed by atoms with E-state index in [-0.39, 0.29) is 23.4 Å². The fourth-order valence-corrected chi connectivity index (χ4v) is 2.91. The number of hydrogen-bond acceptors (Lipinski definition) is 5. The fraction of sp³-hybridized carbons (Fsp3) is 0.174. The van der Waals surface area contributed by atoms with Gasteiger partial charge in [-0.2, -0.15) is 0 Å². The molecule has 3 N–H and O–H groups in total. The Morgan fingerprint density at radius 2 is 1.77 bits per heavy atom. The highest BCUT2D eigenvalue weighted by atomic mass is 16.5. The summed E-state index contributed by atoms with van der Waals surface area (Å²) in [4.78, 5) is 29.9. The molecular formula is C23H24N4O3. The number of para-hydroxylation sites is 1. The number of amides is 2. The Hall–Kier alpha value is -3.87. The van der Waals surface area contributed by atoms with Gasteiger partial charge < -0.3 is 20.7 Å². The molecule has 0 atom stereocenters. The first-order valence-electron chi connectivity index (χ1n) is 9.51. The zero-order valence-corrected chi connectivity index (χ0v) is 16.7. The maximum absolute atomic E-state index is 12.3. The van der Waals surface area contributed by atoms with Crippen LogP contribution in [0.15, 0.2) is 77.8 Å². The average Bonchev–Trinajstić information content (AvgIpc) is 2.75. The molecular weight excluding hydrogens is 380 g/mol. The first-order chi connectivity index (χ1) is 14.5. The van der Waals surface area contributed by atoms with E-state index in [4.69, 9.17) is 10.5 Å². The van der Waals surface area contributed by atoms with Crippen LogP contribution in [0.1, 0.15) is 5.56 Å². The van der Waals surface area contributed by atoms with Crippen molar-refractivity contribution in [1.82, 2.24) is 10.2 Å². The summed E-state index contributed by atoms with van der Waals surface area (Å²) in [5, 5.41) is 2.59. The number of hydrogen-bond donors (Lipinski definition) is 2. The Balaban J connectivity index is 1.74. The minimum absolute atomic E-state index is 0.0667. The van der Waals surface area contributed by atoms with Crippen LogP contribution in [0.2, 0.25) is 0 Å². The molecule has 1 aliphatic rings. The van der Waals surface area contributed by atoms with Gasteiger partial charge in [-0.15, -0.1) is 0 Å². The largest absolute Gasteiger partial charge is 0.457 e. The van der Waals surface area contributed by atoms with Gasteiger partial charge >= 0.3 is 0 Å². The van der Waals surface area contributed by atoms with Crippen LogP contribution in [0.3, 0.4) is 0 Å². The van der Waals surface area contributed by atoms with Gasteiger partial charge in [0.15, 0.2) is 0 Å². The second kappa shape index (κ2) is 9.56. The molecule has 1 fully saturated rings. The van der Waals surface area contributed by atoms with Crippen molar-refractivity contribution in [3.8, 4) is 11.5 Å². The maximum Gasteiger partial charge on any atom is 0.254 e. The summed E-state index contributed by atoms with van der Waals surface area (Å²) in [5.74, 6) is 0.936. The topological polar surface area (TPSA) is 97.0 Å². The summed E-state index contributed by atoms with van der Waals surface area (Å²) in [6, 6.07) is 16.5. The molecule has 3 rings (SSSR count). The Bertz CT molecular complexity index is 975. The minimum Gasteiger partial charge on any atom is -0.457 e. The third-order valence-corrected chi connectivity index (χ3v) is 4.67. The van der Waals surface area contributed by atoms with E-state index < -0.39 is 0 Å². The van der Waals surface area contributed by atoms with Crippen molar-refractivity contribution in [1.29, 1.82) is 0 Å². The van der Waals surface area contributed by atoms with Gasteiger partial charge in [0.25, 0.3) is 5.91 Å². The van der Waals surface area contributed by atoms with Crippen LogP contribution in [0.25, 0.3) is 5.70 Å². The van der Waals surface area contributed by atoms with E-state index >= 15 is 0 Å². The smallest absolute Gasteiger partial charge is 0.254 e. The quantitative estimate of drug-likeness (QED) is 0.547. The Morgan fingerprint density at radius 3 is 2.37 bits per heavy atom. The molecule has 0 bridgehead atoms. The molecule has 1 aliphatic heterocycles. The highest BCUT2D eigenvalue weighted by Gasteiger charge is 2.28. The van der Waals surface area contributed by atoms with Crippen molar-refractivity contribution in [2.45, 2.75) is 6.04 Å². The number of likely N-dealkylation sites (tertiary alicyclic amines) is 1. The van der Waals surface area contributed by atoms with Crippen molar-refractivity contribution in [3.05, 3.63) is 78.4 Å². The second-order valence-corrected chi connectivity index (χ2v) is 6.73.